The summed E-state index contributed by atoms with van der Waals surface area (Å²) in [5.41, 5.74) is 1.84. The molecular weight excluding hydrogens is 459 g/mol. The van der Waals surface area contributed by atoms with Crippen molar-refractivity contribution in [3.05, 3.63) is 83.9 Å². The van der Waals surface area contributed by atoms with Crippen molar-refractivity contribution in [3.8, 4) is 11.5 Å². The fourth-order valence-corrected chi connectivity index (χ4v) is 6.47. The Bertz CT molecular complexity index is 1310. The topological polar surface area (TPSA) is 43.2 Å². The van der Waals surface area contributed by atoms with Crippen molar-refractivity contribution in [2.24, 2.45) is 9.98 Å². The lowest BCUT2D eigenvalue weighted by atomic mass is 9.91. The molecule has 0 radical (unpaired) electrons. The number of hydrogen-bond donors (Lipinski definition) is 0. The third-order valence-electron chi connectivity index (χ3n) is 6.75. The molecule has 168 valence electrons. The third-order valence-corrected chi connectivity index (χ3v) is 8.12. The van der Waals surface area contributed by atoms with Crippen LogP contribution in [-0.2, 0) is 0 Å². The molecule has 0 unspecified atom stereocenters. The van der Waals surface area contributed by atoms with Gasteiger partial charge in [-0.2, -0.15) is 10.0 Å². The maximum absolute atomic E-state index is 6.84. The highest BCUT2D eigenvalue weighted by atomic mass is 35.6. The van der Waals surface area contributed by atoms with Gasteiger partial charge in [0, 0.05) is 34.3 Å². The van der Waals surface area contributed by atoms with Crippen molar-refractivity contribution in [1.82, 2.24) is 0 Å². The van der Waals surface area contributed by atoms with Crippen LogP contribution in [0.4, 0.5) is 0 Å². The van der Waals surface area contributed by atoms with Gasteiger partial charge in [-0.15, -0.1) is 0 Å². The van der Waals surface area contributed by atoms with Gasteiger partial charge in [-0.25, -0.2) is 0 Å². The van der Waals surface area contributed by atoms with Gasteiger partial charge in [0.1, 0.15) is 11.5 Å². The molecular formula is C28H24AlClN2O2. The van der Waals surface area contributed by atoms with E-state index in [1.165, 1.54) is 12.8 Å². The molecule has 6 rings (SSSR count). The number of fused-ring (bicyclic) bond motifs is 7. The van der Waals surface area contributed by atoms with E-state index in [1.54, 1.807) is 0 Å². The molecule has 0 bridgehead atoms. The minimum atomic E-state index is -2.64. The minimum absolute atomic E-state index is 0.152. The maximum Gasteiger partial charge on any atom is 0.999 e. The first kappa shape index (κ1) is 21.7. The van der Waals surface area contributed by atoms with E-state index in [2.05, 4.69) is 48.5 Å². The van der Waals surface area contributed by atoms with E-state index in [0.717, 1.165) is 57.0 Å². The molecule has 0 aromatic heterocycles. The molecule has 1 fully saturated rings. The van der Waals surface area contributed by atoms with Crippen molar-refractivity contribution in [3.63, 3.8) is 0 Å². The Balaban J connectivity index is 1.53. The molecule has 34 heavy (non-hydrogen) atoms. The average Bonchev–Trinajstić information content (AvgIpc) is 2.89. The van der Waals surface area contributed by atoms with Crippen LogP contribution in [0.25, 0.3) is 21.5 Å². The predicted octanol–water partition coefficient (Wildman–Crippen LogP) is 6.84. The molecule has 2 aliphatic rings. The smallest absolute Gasteiger partial charge is 0.599 e. The van der Waals surface area contributed by atoms with E-state index in [0.29, 0.717) is 0 Å². The first-order valence-electron chi connectivity index (χ1n) is 11.8. The molecule has 0 spiro atoms. The summed E-state index contributed by atoms with van der Waals surface area (Å²) in [5, 5.41) is 4.22. The van der Waals surface area contributed by atoms with Gasteiger partial charge in [0.15, 0.2) is 0 Å². The molecule has 6 heteroatoms. The van der Waals surface area contributed by atoms with E-state index in [-0.39, 0.29) is 12.1 Å². The zero-order chi connectivity index (χ0) is 22.9. The summed E-state index contributed by atoms with van der Waals surface area (Å²) in [7, 11) is 6.84. The molecule has 0 saturated heterocycles. The van der Waals surface area contributed by atoms with Crippen molar-refractivity contribution in [2.75, 3.05) is 0 Å². The Morgan fingerprint density at radius 2 is 1.12 bits per heavy atom. The standard InChI is InChI=1S/C28H26N2O2.Al.ClH/c31-27-21(15-13-19-7-1-3-9-23(19)27)17-29-25-11-5-6-12-26(25)30-18-22-16-14-20-8-2-4-10-24(20)28(22)32;;/h1-4,7-10,13-18,25-26,31-32H,5-6,11-12H2;;1H/q;+3;/p-3/t25-,26-;;/m1../s1. The lowest BCUT2D eigenvalue weighted by molar-refractivity contribution is 0.390. The fraction of sp³-hybridized carbons (Fsp3) is 0.214. The van der Waals surface area contributed by atoms with Gasteiger partial charge in [-0.1, -0.05) is 73.5 Å². The Hall–Kier alpha value is -2.84. The van der Waals surface area contributed by atoms with Crippen molar-refractivity contribution in [2.45, 2.75) is 37.8 Å². The Labute approximate surface area is 208 Å². The summed E-state index contributed by atoms with van der Waals surface area (Å²) in [4.78, 5) is 10.0. The van der Waals surface area contributed by atoms with Crippen LogP contribution >= 0.6 is 10.0 Å². The second-order valence-electron chi connectivity index (χ2n) is 8.90. The van der Waals surface area contributed by atoms with Crippen LogP contribution in [0.5, 0.6) is 11.5 Å². The molecule has 1 aliphatic carbocycles. The van der Waals surface area contributed by atoms with Crippen LogP contribution in [0.15, 0.2) is 82.8 Å². The molecule has 1 heterocycles. The molecule has 4 nitrogen and oxygen atoms in total. The summed E-state index contributed by atoms with van der Waals surface area (Å²) in [5.74, 6) is 1.48. The van der Waals surface area contributed by atoms with Crippen LogP contribution in [0.1, 0.15) is 36.8 Å². The summed E-state index contributed by atoms with van der Waals surface area (Å²) >= 11 is -2.64. The highest BCUT2D eigenvalue weighted by molar-refractivity contribution is 7.00. The zero-order valence-corrected chi connectivity index (χ0v) is 20.6. The largest absolute Gasteiger partial charge is 0.999 e. The van der Waals surface area contributed by atoms with Crippen LogP contribution in [0.2, 0.25) is 0 Å². The van der Waals surface area contributed by atoms with E-state index < -0.39 is 13.9 Å². The van der Waals surface area contributed by atoms with Gasteiger partial charge in [-0.05, 0) is 35.7 Å². The second kappa shape index (κ2) is 9.43. The molecule has 0 N–H and O–H groups in total. The van der Waals surface area contributed by atoms with Gasteiger partial charge in [0.05, 0.1) is 12.1 Å². The van der Waals surface area contributed by atoms with E-state index in [4.69, 9.17) is 27.6 Å². The predicted molar refractivity (Wildman–Crippen MR) is 142 cm³/mol. The van der Waals surface area contributed by atoms with Crippen molar-refractivity contribution < 1.29 is 7.58 Å². The number of benzene rings is 4. The molecule has 4 aromatic carbocycles. The van der Waals surface area contributed by atoms with Crippen LogP contribution in [0.3, 0.4) is 0 Å². The molecule has 2 atom stereocenters. The Kier molecular flexibility index (Phi) is 6.01. The first-order valence-corrected chi connectivity index (χ1v) is 14.5. The molecule has 0 amide bonds. The third kappa shape index (κ3) is 4.21. The number of nitrogens with zero attached hydrogens (tertiary/aromatic N) is 2. The van der Waals surface area contributed by atoms with Crippen molar-refractivity contribution in [1.29, 1.82) is 0 Å². The normalized spacial score (nSPS) is 20.2. The molecule has 1 aliphatic heterocycles. The van der Waals surface area contributed by atoms with Gasteiger partial charge in [-0.3, -0.25) is 9.98 Å². The van der Waals surface area contributed by atoms with Gasteiger partial charge < -0.3 is 7.58 Å². The highest BCUT2D eigenvalue weighted by Gasteiger charge is 2.34. The second-order valence-corrected chi connectivity index (χ2v) is 11.0. The summed E-state index contributed by atoms with van der Waals surface area (Å²) in [6, 6.07) is 25.0. The van der Waals surface area contributed by atoms with E-state index in [9.17, 15) is 0 Å². The SMILES string of the molecule is [Cl][Al]1[O]c2c(ccc3ccccc23)C=N[C@@H]2CCCC[C@H]2N=Cc2ccc3ccccc3c2[O]1. The maximum atomic E-state index is 6.84. The van der Waals surface area contributed by atoms with E-state index in [1.807, 2.05) is 36.7 Å². The van der Waals surface area contributed by atoms with Crippen molar-refractivity contribution >= 4 is 57.9 Å². The van der Waals surface area contributed by atoms with E-state index >= 15 is 0 Å². The summed E-state index contributed by atoms with van der Waals surface area (Å²) < 4.78 is 12.8. The number of rotatable bonds is 0. The molecule has 1 saturated carbocycles. The zero-order valence-electron chi connectivity index (χ0n) is 18.7. The molecule has 4 aromatic rings. The van der Waals surface area contributed by atoms with Crippen LogP contribution in [0, 0.1) is 0 Å². The lowest BCUT2D eigenvalue weighted by Crippen LogP contribution is -2.27. The first-order chi connectivity index (χ1) is 16.8. The summed E-state index contributed by atoms with van der Waals surface area (Å²) in [6.45, 7) is 0. The highest BCUT2D eigenvalue weighted by Crippen LogP contribution is 2.34. The van der Waals surface area contributed by atoms with Gasteiger partial charge >= 0.3 is 13.9 Å². The minimum Gasteiger partial charge on any atom is -0.599 e. The number of hydrogen-bond acceptors (Lipinski definition) is 4. The Morgan fingerprint density at radius 1 is 0.647 bits per heavy atom. The summed E-state index contributed by atoms with van der Waals surface area (Å²) in [6.07, 6.45) is 8.32. The van der Waals surface area contributed by atoms with Gasteiger partial charge in [0.2, 0.25) is 0 Å². The monoisotopic (exact) mass is 482 g/mol. The van der Waals surface area contributed by atoms with Crippen LogP contribution in [-0.4, -0.2) is 38.4 Å². The lowest BCUT2D eigenvalue weighted by Gasteiger charge is -2.25. The fourth-order valence-electron chi connectivity index (χ4n) is 4.99. The Morgan fingerprint density at radius 3 is 1.62 bits per heavy atom. The van der Waals surface area contributed by atoms with Crippen LogP contribution < -0.4 is 7.58 Å². The number of aliphatic imine (C=N–C) groups is 2. The number of halogens is 1. The average molecular weight is 483 g/mol. The van der Waals surface area contributed by atoms with Gasteiger partial charge in [0.25, 0.3) is 0 Å². The quantitative estimate of drug-likeness (QED) is 0.258.